The highest BCUT2D eigenvalue weighted by atomic mass is 79.9. The monoisotopic (exact) mass is 342 g/mol. The molecule has 2 aromatic rings. The molecule has 0 aliphatic carbocycles. The Labute approximate surface area is 124 Å². The maximum atomic E-state index is 11.9. The number of thiazole rings is 1. The first-order valence-electron chi connectivity index (χ1n) is 5.90. The Hall–Kier alpha value is -1.14. The van der Waals surface area contributed by atoms with Gasteiger partial charge < -0.3 is 10.1 Å². The quantitative estimate of drug-likeness (QED) is 0.862. The van der Waals surface area contributed by atoms with Crippen molar-refractivity contribution >= 4 is 48.5 Å². The van der Waals surface area contributed by atoms with Crippen LogP contribution in [-0.4, -0.2) is 22.8 Å². The van der Waals surface area contributed by atoms with Crippen molar-refractivity contribution in [1.82, 2.24) is 4.98 Å². The Morgan fingerprint density at radius 2 is 2.21 bits per heavy atom. The molecule has 1 aromatic carbocycles. The number of amides is 1. The number of halogens is 1. The van der Waals surface area contributed by atoms with E-state index in [1.165, 1.54) is 11.3 Å². The number of ether oxygens (including phenoxy) is 1. The first-order chi connectivity index (χ1) is 9.01. The van der Waals surface area contributed by atoms with Gasteiger partial charge in [0.1, 0.15) is 5.75 Å². The molecule has 6 heteroatoms. The maximum Gasteiger partial charge on any atom is 0.240 e. The molecule has 0 fully saturated rings. The number of carbonyl (C=O) groups excluding carboxylic acids is 1. The topological polar surface area (TPSA) is 51.2 Å². The highest BCUT2D eigenvalue weighted by Crippen LogP contribution is 2.29. The van der Waals surface area contributed by atoms with Crippen LogP contribution in [0.5, 0.6) is 5.75 Å². The second-order valence-electron chi connectivity index (χ2n) is 4.49. The lowest BCUT2D eigenvalue weighted by molar-refractivity contribution is -0.116. The van der Waals surface area contributed by atoms with Crippen molar-refractivity contribution in [3.05, 3.63) is 18.2 Å². The van der Waals surface area contributed by atoms with E-state index in [1.54, 1.807) is 7.11 Å². The van der Waals surface area contributed by atoms with Crippen molar-refractivity contribution in [1.29, 1.82) is 0 Å². The number of fused-ring (bicyclic) bond motifs is 1. The highest BCUT2D eigenvalue weighted by molar-refractivity contribution is 9.10. The number of rotatable bonds is 4. The summed E-state index contributed by atoms with van der Waals surface area (Å²) < 4.78 is 6.16. The zero-order valence-electron chi connectivity index (χ0n) is 10.9. The van der Waals surface area contributed by atoms with Crippen molar-refractivity contribution in [3.8, 4) is 5.75 Å². The first kappa shape index (κ1) is 14.3. The normalized spacial score (nSPS) is 12.7. The molecule has 0 radical (unpaired) electrons. The minimum absolute atomic E-state index is 0.0685. The Morgan fingerprint density at radius 3 is 2.84 bits per heavy atom. The zero-order valence-corrected chi connectivity index (χ0v) is 13.3. The van der Waals surface area contributed by atoms with Crippen LogP contribution < -0.4 is 10.1 Å². The summed E-state index contributed by atoms with van der Waals surface area (Å²) in [6, 6.07) is 5.65. The fourth-order valence-corrected chi connectivity index (χ4v) is 2.57. The molecule has 0 saturated heterocycles. The van der Waals surface area contributed by atoms with Gasteiger partial charge in [-0.1, -0.05) is 41.1 Å². The molecule has 2 rings (SSSR count). The number of nitrogens with zero attached hydrogens (tertiary/aromatic N) is 1. The van der Waals surface area contributed by atoms with E-state index in [2.05, 4.69) is 26.2 Å². The summed E-state index contributed by atoms with van der Waals surface area (Å²) >= 11 is 4.82. The van der Waals surface area contributed by atoms with E-state index in [9.17, 15) is 4.79 Å². The minimum Gasteiger partial charge on any atom is -0.497 e. The van der Waals surface area contributed by atoms with Crippen LogP contribution in [0.25, 0.3) is 10.2 Å². The van der Waals surface area contributed by atoms with Gasteiger partial charge in [-0.3, -0.25) is 4.79 Å². The van der Waals surface area contributed by atoms with E-state index < -0.39 is 0 Å². The van der Waals surface area contributed by atoms with Crippen LogP contribution in [0.4, 0.5) is 5.13 Å². The van der Waals surface area contributed by atoms with Gasteiger partial charge in [0.2, 0.25) is 5.91 Å². The molecule has 0 spiro atoms. The Bertz CT molecular complexity index is 597. The molecular formula is C13H15BrN2O2S. The number of alkyl halides is 1. The maximum absolute atomic E-state index is 11.9. The summed E-state index contributed by atoms with van der Waals surface area (Å²) in [5.74, 6) is 0.949. The summed E-state index contributed by atoms with van der Waals surface area (Å²) in [6.45, 7) is 3.98. The molecular weight excluding hydrogens is 328 g/mol. The van der Waals surface area contributed by atoms with Crippen molar-refractivity contribution in [3.63, 3.8) is 0 Å². The van der Waals surface area contributed by atoms with Gasteiger partial charge >= 0.3 is 0 Å². The second-order valence-corrected chi connectivity index (χ2v) is 6.50. The van der Waals surface area contributed by atoms with Gasteiger partial charge in [-0.15, -0.1) is 0 Å². The van der Waals surface area contributed by atoms with E-state index >= 15 is 0 Å². The Balaban J connectivity index is 2.20. The molecule has 4 nitrogen and oxygen atoms in total. The predicted molar refractivity (Wildman–Crippen MR) is 82.4 cm³/mol. The molecule has 0 bridgehead atoms. The number of hydrogen-bond donors (Lipinski definition) is 1. The Morgan fingerprint density at radius 1 is 1.47 bits per heavy atom. The number of aromatic nitrogens is 1. The van der Waals surface area contributed by atoms with Crippen LogP contribution in [0, 0.1) is 5.92 Å². The third-order valence-electron chi connectivity index (χ3n) is 2.66. The summed E-state index contributed by atoms with van der Waals surface area (Å²) in [6.07, 6.45) is 0. The smallest absolute Gasteiger partial charge is 0.240 e. The molecule has 102 valence electrons. The largest absolute Gasteiger partial charge is 0.497 e. The van der Waals surface area contributed by atoms with E-state index in [1.807, 2.05) is 32.0 Å². The van der Waals surface area contributed by atoms with Crippen LogP contribution in [0.2, 0.25) is 0 Å². The van der Waals surface area contributed by atoms with Gasteiger partial charge in [0.25, 0.3) is 0 Å². The van der Waals surface area contributed by atoms with Gasteiger partial charge in [0.05, 0.1) is 22.2 Å². The highest BCUT2D eigenvalue weighted by Gasteiger charge is 2.19. The molecule has 19 heavy (non-hydrogen) atoms. The number of nitrogens with one attached hydrogen (secondary N) is 1. The lowest BCUT2D eigenvalue weighted by atomic mass is 10.1. The predicted octanol–water partition coefficient (Wildman–Crippen LogP) is 3.66. The fraction of sp³-hybridized carbons (Fsp3) is 0.385. The number of benzene rings is 1. The average Bonchev–Trinajstić information content (AvgIpc) is 2.78. The Kier molecular flexibility index (Phi) is 4.42. The third-order valence-corrected chi connectivity index (χ3v) is 5.07. The second kappa shape index (κ2) is 5.88. The van der Waals surface area contributed by atoms with Crippen molar-refractivity contribution < 1.29 is 9.53 Å². The third kappa shape index (κ3) is 3.25. The van der Waals surface area contributed by atoms with Crippen LogP contribution in [0.3, 0.4) is 0 Å². The zero-order chi connectivity index (χ0) is 14.0. The molecule has 0 aliphatic heterocycles. The van der Waals surface area contributed by atoms with Gasteiger partial charge in [0, 0.05) is 0 Å². The lowest BCUT2D eigenvalue weighted by Crippen LogP contribution is -2.26. The van der Waals surface area contributed by atoms with Gasteiger partial charge in [-0.25, -0.2) is 4.98 Å². The van der Waals surface area contributed by atoms with Crippen molar-refractivity contribution in [2.75, 3.05) is 12.4 Å². The fourth-order valence-electron chi connectivity index (χ4n) is 1.56. The number of carbonyl (C=O) groups is 1. The number of anilines is 1. The van der Waals surface area contributed by atoms with E-state index in [0.717, 1.165) is 16.0 Å². The van der Waals surface area contributed by atoms with E-state index in [0.29, 0.717) is 5.13 Å². The molecule has 1 amide bonds. The van der Waals surface area contributed by atoms with Gasteiger partial charge in [-0.2, -0.15) is 0 Å². The van der Waals surface area contributed by atoms with E-state index in [4.69, 9.17) is 4.74 Å². The van der Waals surface area contributed by atoms with Crippen LogP contribution in [0.15, 0.2) is 18.2 Å². The molecule has 0 aliphatic rings. The van der Waals surface area contributed by atoms with E-state index in [-0.39, 0.29) is 16.7 Å². The van der Waals surface area contributed by atoms with Crippen molar-refractivity contribution in [2.24, 2.45) is 5.92 Å². The molecule has 0 saturated carbocycles. The summed E-state index contributed by atoms with van der Waals surface area (Å²) in [7, 11) is 1.63. The number of hydrogen-bond acceptors (Lipinski definition) is 4. The summed E-state index contributed by atoms with van der Waals surface area (Å²) in [5.41, 5.74) is 0.858. The lowest BCUT2D eigenvalue weighted by Gasteiger charge is -2.11. The SMILES string of the molecule is COc1ccc2nc(NC(=O)[C@@H](Br)C(C)C)sc2c1. The van der Waals surface area contributed by atoms with Gasteiger partial charge in [0.15, 0.2) is 5.13 Å². The van der Waals surface area contributed by atoms with Crippen LogP contribution >= 0.6 is 27.3 Å². The van der Waals surface area contributed by atoms with Crippen LogP contribution in [0.1, 0.15) is 13.8 Å². The minimum atomic E-state index is -0.214. The van der Waals surface area contributed by atoms with Gasteiger partial charge in [-0.05, 0) is 24.1 Å². The molecule has 1 heterocycles. The molecule has 0 unspecified atom stereocenters. The summed E-state index contributed by atoms with van der Waals surface area (Å²) in [4.78, 5) is 16.1. The summed E-state index contributed by atoms with van der Waals surface area (Å²) in [5, 5.41) is 3.44. The molecule has 1 atom stereocenters. The van der Waals surface area contributed by atoms with Crippen LogP contribution in [-0.2, 0) is 4.79 Å². The average molecular weight is 343 g/mol. The molecule has 1 N–H and O–H groups in total. The standard InChI is InChI=1S/C13H15BrN2O2S/c1-7(2)11(14)12(17)16-13-15-9-5-4-8(18-3)6-10(9)19-13/h4-7,11H,1-3H3,(H,15,16,17)/t11-/m0/s1. The number of methoxy groups -OCH3 is 1. The first-order valence-corrected chi connectivity index (χ1v) is 7.64. The van der Waals surface area contributed by atoms with Crippen molar-refractivity contribution in [2.45, 2.75) is 18.7 Å². The molecule has 1 aromatic heterocycles.